The van der Waals surface area contributed by atoms with Crippen LogP contribution < -0.4 is 0 Å². The van der Waals surface area contributed by atoms with Crippen LogP contribution in [0.4, 0.5) is 0 Å². The molecule has 9 aromatic rings. The topological polar surface area (TPSA) is 38.7 Å². The molecule has 3 nitrogen and oxygen atoms in total. The van der Waals surface area contributed by atoms with Crippen molar-refractivity contribution >= 4 is 31.5 Å². The number of thiophene rings is 1. The first-order valence-corrected chi connectivity index (χ1v) is 17.2. The van der Waals surface area contributed by atoms with Crippen molar-refractivity contribution in [2.24, 2.45) is 0 Å². The highest BCUT2D eigenvalue weighted by Crippen LogP contribution is 2.44. The largest absolute Gasteiger partial charge is 0.208 e. The molecule has 0 radical (unpaired) electrons. The Kier molecular flexibility index (Phi) is 7.34. The normalized spacial score (nSPS) is 11.3. The maximum atomic E-state index is 5.15. The summed E-state index contributed by atoms with van der Waals surface area (Å²) in [6, 6.07) is 61.5. The Morgan fingerprint density at radius 1 is 0.306 bits per heavy atom. The van der Waals surface area contributed by atoms with Crippen LogP contribution in [-0.4, -0.2) is 15.0 Å². The fourth-order valence-electron chi connectivity index (χ4n) is 6.50. The lowest BCUT2D eigenvalue weighted by molar-refractivity contribution is 1.08. The molecule has 49 heavy (non-hydrogen) atoms. The average Bonchev–Trinajstić information content (AvgIpc) is 3.58. The summed E-state index contributed by atoms with van der Waals surface area (Å²) in [4.78, 5) is 15.3. The number of aromatic nitrogens is 3. The highest BCUT2D eigenvalue weighted by molar-refractivity contribution is 7.26. The number of hydrogen-bond acceptors (Lipinski definition) is 4. The van der Waals surface area contributed by atoms with Crippen molar-refractivity contribution in [1.82, 2.24) is 15.0 Å². The lowest BCUT2D eigenvalue weighted by atomic mass is 9.97. The third kappa shape index (κ3) is 5.48. The number of rotatable bonds is 6. The summed E-state index contributed by atoms with van der Waals surface area (Å²) in [5, 5.41) is 2.48. The summed E-state index contributed by atoms with van der Waals surface area (Å²) < 4.78 is 2.42. The van der Waals surface area contributed by atoms with Crippen LogP contribution in [0, 0.1) is 0 Å². The standard InChI is InChI=1S/C45H29N3S/c1-4-12-30(13-5-1)31-20-22-32(23-21-31)33-24-26-36(27-25-33)44-46-43(35-16-8-3-9-17-35)47-45(48-44)39-29-28-37(34-14-6-2-7-15-34)41-38-18-10-11-19-40(38)49-42(39)41/h1-29H. The fraction of sp³-hybridized carbons (Fsp3) is 0. The van der Waals surface area contributed by atoms with Crippen LogP contribution in [0.2, 0.25) is 0 Å². The van der Waals surface area contributed by atoms with Gasteiger partial charge in [0.15, 0.2) is 17.5 Å². The summed E-state index contributed by atoms with van der Waals surface area (Å²) in [5.74, 6) is 1.97. The van der Waals surface area contributed by atoms with Crippen LogP contribution >= 0.6 is 11.3 Å². The van der Waals surface area contributed by atoms with Gasteiger partial charge in [-0.2, -0.15) is 0 Å². The summed E-state index contributed by atoms with van der Waals surface area (Å²) in [7, 11) is 0. The minimum atomic E-state index is 0.649. The Hall–Kier alpha value is -6.23. The maximum Gasteiger partial charge on any atom is 0.165 e. The van der Waals surface area contributed by atoms with Crippen LogP contribution in [0.1, 0.15) is 0 Å². The fourth-order valence-corrected chi connectivity index (χ4v) is 7.74. The van der Waals surface area contributed by atoms with Gasteiger partial charge >= 0.3 is 0 Å². The average molecular weight is 644 g/mol. The molecule has 0 aliphatic carbocycles. The summed E-state index contributed by atoms with van der Waals surface area (Å²) in [6.45, 7) is 0. The molecule has 0 saturated carbocycles. The molecular weight excluding hydrogens is 615 g/mol. The van der Waals surface area contributed by atoms with E-state index in [9.17, 15) is 0 Å². The first-order valence-electron chi connectivity index (χ1n) is 16.4. The molecule has 4 heteroatoms. The molecule has 7 aromatic carbocycles. The maximum absolute atomic E-state index is 5.15. The van der Waals surface area contributed by atoms with Gasteiger partial charge in [0.2, 0.25) is 0 Å². The predicted molar refractivity (Wildman–Crippen MR) is 205 cm³/mol. The van der Waals surface area contributed by atoms with Gasteiger partial charge in [-0.05, 0) is 45.5 Å². The van der Waals surface area contributed by atoms with Crippen LogP contribution in [0.5, 0.6) is 0 Å². The van der Waals surface area contributed by atoms with Crippen molar-refractivity contribution in [3.63, 3.8) is 0 Å². The van der Waals surface area contributed by atoms with E-state index in [1.54, 1.807) is 11.3 Å². The molecule has 0 N–H and O–H groups in total. The van der Waals surface area contributed by atoms with E-state index in [0.29, 0.717) is 17.5 Å². The van der Waals surface area contributed by atoms with E-state index in [1.807, 2.05) is 24.3 Å². The van der Waals surface area contributed by atoms with Crippen molar-refractivity contribution < 1.29 is 0 Å². The third-order valence-corrected chi connectivity index (χ3v) is 10.2. The van der Waals surface area contributed by atoms with Crippen LogP contribution in [0.25, 0.3) is 87.7 Å². The van der Waals surface area contributed by atoms with Gasteiger partial charge in [-0.15, -0.1) is 11.3 Å². The molecule has 0 aliphatic rings. The first-order chi connectivity index (χ1) is 24.3. The van der Waals surface area contributed by atoms with E-state index in [2.05, 4.69) is 152 Å². The second-order valence-corrected chi connectivity index (χ2v) is 13.1. The van der Waals surface area contributed by atoms with Crippen LogP contribution in [-0.2, 0) is 0 Å². The molecule has 0 unspecified atom stereocenters. The Morgan fingerprint density at radius 2 is 0.714 bits per heavy atom. The molecular formula is C45H29N3S. The SMILES string of the molecule is c1ccc(-c2ccc(-c3ccc(-c4nc(-c5ccccc5)nc(-c5ccc(-c6ccccc6)c6c5sc5ccccc56)n4)cc3)cc2)cc1. The van der Waals surface area contributed by atoms with Crippen LogP contribution in [0.15, 0.2) is 176 Å². The van der Waals surface area contributed by atoms with E-state index in [0.717, 1.165) is 22.3 Å². The second-order valence-electron chi connectivity index (χ2n) is 12.0. The van der Waals surface area contributed by atoms with E-state index >= 15 is 0 Å². The van der Waals surface area contributed by atoms with Gasteiger partial charge in [0.25, 0.3) is 0 Å². The van der Waals surface area contributed by atoms with Crippen LogP contribution in [0.3, 0.4) is 0 Å². The molecule has 0 spiro atoms. The van der Waals surface area contributed by atoms with E-state index in [-0.39, 0.29) is 0 Å². The summed E-state index contributed by atoms with van der Waals surface area (Å²) in [5.41, 5.74) is 10.0. The highest BCUT2D eigenvalue weighted by Gasteiger charge is 2.19. The minimum absolute atomic E-state index is 0.649. The minimum Gasteiger partial charge on any atom is -0.208 e. The Labute approximate surface area is 288 Å². The van der Waals surface area contributed by atoms with Crippen molar-refractivity contribution in [2.75, 3.05) is 0 Å². The molecule has 9 rings (SSSR count). The summed E-state index contributed by atoms with van der Waals surface area (Å²) in [6.07, 6.45) is 0. The predicted octanol–water partition coefficient (Wildman–Crippen LogP) is 12.2. The van der Waals surface area contributed by atoms with Crippen molar-refractivity contribution in [3.05, 3.63) is 176 Å². The summed E-state index contributed by atoms with van der Waals surface area (Å²) >= 11 is 1.79. The van der Waals surface area contributed by atoms with Gasteiger partial charge < -0.3 is 0 Å². The number of benzene rings is 7. The lowest BCUT2D eigenvalue weighted by Gasteiger charge is -2.11. The smallest absolute Gasteiger partial charge is 0.165 e. The van der Waals surface area contributed by atoms with Gasteiger partial charge in [-0.25, -0.2) is 15.0 Å². The van der Waals surface area contributed by atoms with Gasteiger partial charge in [-0.1, -0.05) is 164 Å². The van der Waals surface area contributed by atoms with E-state index in [4.69, 9.17) is 15.0 Å². The van der Waals surface area contributed by atoms with Gasteiger partial charge in [0.05, 0.1) is 0 Å². The Bertz CT molecular complexity index is 2560. The molecule has 0 bridgehead atoms. The zero-order valence-electron chi connectivity index (χ0n) is 26.5. The van der Waals surface area contributed by atoms with Crippen molar-refractivity contribution in [2.45, 2.75) is 0 Å². The number of hydrogen-bond donors (Lipinski definition) is 0. The molecule has 230 valence electrons. The zero-order valence-corrected chi connectivity index (χ0v) is 27.3. The van der Waals surface area contributed by atoms with Crippen molar-refractivity contribution in [1.29, 1.82) is 0 Å². The third-order valence-electron chi connectivity index (χ3n) is 8.99. The second kappa shape index (κ2) is 12.4. The van der Waals surface area contributed by atoms with Gasteiger partial charge in [-0.3, -0.25) is 0 Å². The molecule has 2 aromatic heterocycles. The number of nitrogens with zero attached hydrogens (tertiary/aromatic N) is 3. The highest BCUT2D eigenvalue weighted by atomic mass is 32.1. The van der Waals surface area contributed by atoms with Gasteiger partial charge in [0.1, 0.15) is 0 Å². The van der Waals surface area contributed by atoms with E-state index < -0.39 is 0 Å². The lowest BCUT2D eigenvalue weighted by Crippen LogP contribution is -2.00. The first kappa shape index (κ1) is 29.0. The van der Waals surface area contributed by atoms with Crippen molar-refractivity contribution in [3.8, 4) is 67.5 Å². The quantitative estimate of drug-likeness (QED) is 0.181. The molecule has 0 saturated heterocycles. The Morgan fingerprint density at radius 3 is 1.31 bits per heavy atom. The molecule has 0 fully saturated rings. The molecule has 0 aliphatic heterocycles. The molecule has 2 heterocycles. The van der Waals surface area contributed by atoms with Gasteiger partial charge in [0, 0.05) is 36.9 Å². The number of fused-ring (bicyclic) bond motifs is 3. The zero-order chi connectivity index (χ0) is 32.6. The molecule has 0 amide bonds. The molecule has 0 atom stereocenters. The van der Waals surface area contributed by atoms with E-state index in [1.165, 1.54) is 48.0 Å². The Balaban J connectivity index is 1.16. The monoisotopic (exact) mass is 643 g/mol.